The molecule has 1 saturated carbocycles. The van der Waals surface area contributed by atoms with Crippen LogP contribution in [0.3, 0.4) is 0 Å². The van der Waals surface area contributed by atoms with Gasteiger partial charge in [0, 0.05) is 18.2 Å². The highest BCUT2D eigenvalue weighted by Gasteiger charge is 2.48. The lowest BCUT2D eigenvalue weighted by Gasteiger charge is -2.54. The predicted molar refractivity (Wildman–Crippen MR) is 110 cm³/mol. The Bertz CT molecular complexity index is 750. The van der Waals surface area contributed by atoms with Crippen LogP contribution in [0.25, 0.3) is 0 Å². The maximum atomic E-state index is 5.75. The Balaban J connectivity index is 1.25. The molecule has 1 aromatic heterocycles. The fourth-order valence-electron chi connectivity index (χ4n) is 4.55. The molecule has 28 heavy (non-hydrogen) atoms. The Morgan fingerprint density at radius 2 is 1.96 bits per heavy atom. The highest BCUT2D eigenvalue weighted by molar-refractivity contribution is 5.21. The molecule has 4 rings (SSSR count). The highest BCUT2D eigenvalue weighted by atomic mass is 16.5. The molecule has 1 saturated heterocycles. The van der Waals surface area contributed by atoms with Crippen LogP contribution in [-0.4, -0.2) is 42.3 Å². The van der Waals surface area contributed by atoms with Crippen molar-refractivity contribution in [1.29, 1.82) is 0 Å². The van der Waals surface area contributed by atoms with Crippen molar-refractivity contribution in [2.24, 2.45) is 11.3 Å². The number of benzene rings is 1. The van der Waals surface area contributed by atoms with Crippen LogP contribution in [-0.2, 0) is 13.0 Å². The Morgan fingerprint density at radius 3 is 2.68 bits per heavy atom. The average molecular weight is 384 g/mol. The third kappa shape index (κ3) is 4.41. The molecule has 2 aromatic rings. The third-order valence-corrected chi connectivity index (χ3v) is 6.81. The summed E-state index contributed by atoms with van der Waals surface area (Å²) in [7, 11) is 2.22. The number of hydrogen-bond acceptors (Lipinski definition) is 5. The molecular weight excluding hydrogens is 350 g/mol. The summed E-state index contributed by atoms with van der Waals surface area (Å²) in [5.74, 6) is 2.28. The summed E-state index contributed by atoms with van der Waals surface area (Å²) in [5, 5.41) is 8.22. The van der Waals surface area contributed by atoms with Gasteiger partial charge in [-0.25, -0.2) is 0 Å². The first-order chi connectivity index (χ1) is 13.5. The van der Waals surface area contributed by atoms with E-state index in [1.807, 2.05) is 30.3 Å². The summed E-state index contributed by atoms with van der Waals surface area (Å²) in [6.07, 6.45) is 4.74. The molecule has 5 heteroatoms. The van der Waals surface area contributed by atoms with E-state index < -0.39 is 0 Å². The van der Waals surface area contributed by atoms with Gasteiger partial charge in [-0.2, -0.15) is 0 Å². The van der Waals surface area contributed by atoms with Gasteiger partial charge in [0.05, 0.1) is 5.69 Å². The van der Waals surface area contributed by atoms with Crippen LogP contribution in [0.1, 0.15) is 44.6 Å². The summed E-state index contributed by atoms with van der Waals surface area (Å²) in [5.41, 5.74) is 1.34. The first-order valence-electron chi connectivity index (χ1n) is 10.6. The van der Waals surface area contributed by atoms with Crippen molar-refractivity contribution in [2.75, 3.05) is 20.1 Å². The number of ether oxygens (including phenoxy) is 1. The fourth-order valence-corrected chi connectivity index (χ4v) is 4.55. The van der Waals surface area contributed by atoms with E-state index in [1.165, 1.54) is 32.4 Å². The van der Waals surface area contributed by atoms with Crippen molar-refractivity contribution in [3.8, 4) is 5.75 Å². The monoisotopic (exact) mass is 383 g/mol. The number of para-hydroxylation sites is 1. The van der Waals surface area contributed by atoms with Crippen LogP contribution in [0.2, 0.25) is 0 Å². The number of likely N-dealkylation sites (tertiary alicyclic amines) is 1. The van der Waals surface area contributed by atoms with Crippen LogP contribution in [0.15, 0.2) is 40.9 Å². The third-order valence-electron chi connectivity index (χ3n) is 6.81. The van der Waals surface area contributed by atoms with E-state index in [0.717, 1.165) is 23.6 Å². The zero-order chi connectivity index (χ0) is 19.6. The SMILES string of the molecule is CN1CCC(NC2CC(Cc3cc(COc4ccccc4)on3)C2(C)C)CC1. The van der Waals surface area contributed by atoms with Gasteiger partial charge in [-0.3, -0.25) is 0 Å². The van der Waals surface area contributed by atoms with Crippen LogP contribution in [0, 0.1) is 11.3 Å². The van der Waals surface area contributed by atoms with Crippen LogP contribution >= 0.6 is 0 Å². The number of aromatic nitrogens is 1. The Kier molecular flexibility index (Phi) is 5.74. The normalized spacial score (nSPS) is 25.4. The van der Waals surface area contributed by atoms with Crippen molar-refractivity contribution in [3.63, 3.8) is 0 Å². The molecule has 2 unspecified atom stereocenters. The first-order valence-corrected chi connectivity index (χ1v) is 10.6. The number of nitrogens with one attached hydrogen (secondary N) is 1. The Morgan fingerprint density at radius 1 is 1.21 bits per heavy atom. The molecular formula is C23H33N3O2. The number of rotatable bonds is 7. The fraction of sp³-hybridized carbons (Fsp3) is 0.609. The largest absolute Gasteiger partial charge is 0.486 e. The maximum Gasteiger partial charge on any atom is 0.174 e. The van der Waals surface area contributed by atoms with Gasteiger partial charge in [-0.05, 0) is 69.3 Å². The first kappa shape index (κ1) is 19.5. The van der Waals surface area contributed by atoms with E-state index in [1.54, 1.807) is 0 Å². The van der Waals surface area contributed by atoms with Gasteiger partial charge in [0.15, 0.2) is 5.76 Å². The van der Waals surface area contributed by atoms with Crippen LogP contribution in [0.5, 0.6) is 5.75 Å². The second-order valence-electron chi connectivity index (χ2n) is 9.14. The summed E-state index contributed by atoms with van der Waals surface area (Å²) >= 11 is 0. The lowest BCUT2D eigenvalue weighted by molar-refractivity contribution is 0.00205. The van der Waals surface area contributed by atoms with Crippen LogP contribution in [0.4, 0.5) is 0 Å². The smallest absolute Gasteiger partial charge is 0.174 e. The second kappa shape index (κ2) is 8.26. The van der Waals surface area contributed by atoms with Gasteiger partial charge in [-0.15, -0.1) is 0 Å². The zero-order valence-corrected chi connectivity index (χ0v) is 17.4. The van der Waals surface area contributed by atoms with Gasteiger partial charge in [0.1, 0.15) is 12.4 Å². The summed E-state index contributed by atoms with van der Waals surface area (Å²) < 4.78 is 11.2. The van der Waals surface area contributed by atoms with E-state index in [4.69, 9.17) is 9.26 Å². The molecule has 1 N–H and O–H groups in total. The summed E-state index contributed by atoms with van der Waals surface area (Å²) in [4.78, 5) is 2.43. The molecule has 2 heterocycles. The van der Waals surface area contributed by atoms with Crippen molar-refractivity contribution in [3.05, 3.63) is 47.9 Å². The van der Waals surface area contributed by atoms with E-state index >= 15 is 0 Å². The Hall–Kier alpha value is -1.85. The molecule has 0 amide bonds. The summed E-state index contributed by atoms with van der Waals surface area (Å²) in [6, 6.07) is 13.2. The molecule has 2 atom stereocenters. The van der Waals surface area contributed by atoms with Gasteiger partial charge < -0.3 is 19.5 Å². The molecule has 1 aromatic carbocycles. The molecule has 152 valence electrons. The lowest BCUT2D eigenvalue weighted by Crippen LogP contribution is -2.60. The minimum atomic E-state index is 0.295. The lowest BCUT2D eigenvalue weighted by atomic mass is 9.57. The van der Waals surface area contributed by atoms with E-state index in [2.05, 4.69) is 42.3 Å². The predicted octanol–water partition coefficient (Wildman–Crippen LogP) is 3.89. The maximum absolute atomic E-state index is 5.75. The van der Waals surface area contributed by atoms with Crippen LogP contribution < -0.4 is 10.1 Å². The number of nitrogens with zero attached hydrogens (tertiary/aromatic N) is 2. The molecule has 0 spiro atoms. The number of piperidine rings is 1. The second-order valence-corrected chi connectivity index (χ2v) is 9.14. The Labute approximate surface area is 168 Å². The zero-order valence-electron chi connectivity index (χ0n) is 17.4. The molecule has 2 aliphatic rings. The van der Waals surface area contributed by atoms with Crippen molar-refractivity contribution < 1.29 is 9.26 Å². The van der Waals surface area contributed by atoms with Crippen molar-refractivity contribution in [1.82, 2.24) is 15.4 Å². The molecule has 2 fully saturated rings. The standard InChI is InChI=1S/C23H33N3O2/c1-23(2)17(14-22(23)24-18-9-11-26(3)12-10-18)13-19-15-21(28-25-19)16-27-20-7-5-4-6-8-20/h4-8,15,17-18,22,24H,9-14,16H2,1-3H3. The van der Waals surface area contributed by atoms with Gasteiger partial charge >= 0.3 is 0 Å². The van der Waals surface area contributed by atoms with Crippen molar-refractivity contribution >= 4 is 0 Å². The van der Waals surface area contributed by atoms with E-state index in [-0.39, 0.29) is 0 Å². The minimum Gasteiger partial charge on any atom is -0.486 e. The molecule has 1 aliphatic heterocycles. The highest BCUT2D eigenvalue weighted by Crippen LogP contribution is 2.48. The average Bonchev–Trinajstić information content (AvgIpc) is 3.15. The molecule has 1 aliphatic carbocycles. The van der Waals surface area contributed by atoms with Gasteiger partial charge in [-0.1, -0.05) is 37.2 Å². The topological polar surface area (TPSA) is 50.5 Å². The minimum absolute atomic E-state index is 0.295. The molecule has 0 bridgehead atoms. The van der Waals surface area contributed by atoms with Crippen molar-refractivity contribution in [2.45, 2.75) is 58.2 Å². The van der Waals surface area contributed by atoms with Gasteiger partial charge in [0.25, 0.3) is 0 Å². The van der Waals surface area contributed by atoms with E-state index in [0.29, 0.717) is 30.0 Å². The summed E-state index contributed by atoms with van der Waals surface area (Å²) in [6.45, 7) is 7.63. The van der Waals surface area contributed by atoms with E-state index in [9.17, 15) is 0 Å². The quantitative estimate of drug-likeness (QED) is 0.786. The number of hydrogen-bond donors (Lipinski definition) is 1. The molecule has 5 nitrogen and oxygen atoms in total. The van der Waals surface area contributed by atoms with Gasteiger partial charge in [0.2, 0.25) is 0 Å². The molecule has 0 radical (unpaired) electrons.